The minimum Gasteiger partial charge on any atom is -0.248 e. The average Bonchev–Trinajstić information content (AvgIpc) is 3.00. The fraction of sp³-hybridized carbons (Fsp3) is 0. The van der Waals surface area contributed by atoms with Crippen molar-refractivity contribution in [3.63, 3.8) is 0 Å². The van der Waals surface area contributed by atoms with Crippen molar-refractivity contribution in [2.75, 3.05) is 0 Å². The number of para-hydroxylation sites is 2. The molecule has 2 aromatic heterocycles. The molecule has 0 atom stereocenters. The largest absolute Gasteiger partial charge is 0.248 e. The number of fused-ring (bicyclic) bond motifs is 8. The summed E-state index contributed by atoms with van der Waals surface area (Å²) in [6, 6.07) is 47.3. The van der Waals surface area contributed by atoms with E-state index >= 15 is 0 Å². The molecular weight excluding hydrogens is 460 g/mol. The Balaban J connectivity index is 1.35. The molecule has 0 saturated carbocycles. The minimum absolute atomic E-state index is 0.993. The Kier molecular flexibility index (Phi) is 4.55. The number of pyridine rings is 2. The van der Waals surface area contributed by atoms with Gasteiger partial charge in [0.25, 0.3) is 0 Å². The van der Waals surface area contributed by atoms with Crippen molar-refractivity contribution in [3.05, 3.63) is 133 Å². The topological polar surface area (TPSA) is 25.8 Å². The quantitative estimate of drug-likeness (QED) is 0.229. The van der Waals surface area contributed by atoms with Gasteiger partial charge in [-0.3, -0.25) is 0 Å². The maximum Gasteiger partial charge on any atom is 0.0709 e. The number of nitrogens with zero attached hydrogens (tertiary/aromatic N) is 2. The maximum atomic E-state index is 4.95. The van der Waals surface area contributed by atoms with E-state index in [0.29, 0.717) is 0 Å². The van der Waals surface area contributed by atoms with Gasteiger partial charge in [0.05, 0.1) is 22.4 Å². The number of aromatic nitrogens is 2. The van der Waals surface area contributed by atoms with Gasteiger partial charge < -0.3 is 0 Å². The molecule has 6 aromatic carbocycles. The van der Waals surface area contributed by atoms with E-state index in [4.69, 9.17) is 9.97 Å². The van der Waals surface area contributed by atoms with Crippen LogP contribution in [0.5, 0.6) is 0 Å². The second-order valence-electron chi connectivity index (χ2n) is 9.84. The summed E-state index contributed by atoms with van der Waals surface area (Å²) in [5.74, 6) is 0. The Hall–Kier alpha value is -5.08. The van der Waals surface area contributed by atoms with Crippen LogP contribution in [0.3, 0.4) is 0 Å². The van der Waals surface area contributed by atoms with Crippen molar-refractivity contribution in [1.82, 2.24) is 9.97 Å². The fourth-order valence-electron chi connectivity index (χ4n) is 5.73. The van der Waals surface area contributed by atoms with Crippen molar-refractivity contribution in [3.8, 4) is 22.5 Å². The van der Waals surface area contributed by atoms with Gasteiger partial charge in [-0.1, -0.05) is 97.1 Å². The number of rotatable bonds is 2. The van der Waals surface area contributed by atoms with Crippen molar-refractivity contribution in [2.45, 2.75) is 0 Å². The van der Waals surface area contributed by atoms with Gasteiger partial charge in [-0.15, -0.1) is 0 Å². The van der Waals surface area contributed by atoms with Crippen LogP contribution in [0.15, 0.2) is 133 Å². The molecule has 0 amide bonds. The summed E-state index contributed by atoms with van der Waals surface area (Å²) in [6.45, 7) is 0. The van der Waals surface area contributed by atoms with Crippen LogP contribution in [0.4, 0.5) is 0 Å². The summed E-state index contributed by atoms with van der Waals surface area (Å²) >= 11 is 0. The average molecular weight is 483 g/mol. The van der Waals surface area contributed by atoms with Gasteiger partial charge in [0.15, 0.2) is 0 Å². The lowest BCUT2D eigenvalue weighted by atomic mass is 9.91. The maximum absolute atomic E-state index is 4.95. The zero-order valence-electron chi connectivity index (χ0n) is 20.6. The minimum atomic E-state index is 0.993. The summed E-state index contributed by atoms with van der Waals surface area (Å²) in [6.07, 6.45) is 0. The molecule has 8 aromatic rings. The Bertz CT molecular complexity index is 2020. The van der Waals surface area contributed by atoms with Crippen LogP contribution < -0.4 is 0 Å². The van der Waals surface area contributed by atoms with Crippen LogP contribution in [-0.4, -0.2) is 9.97 Å². The Morgan fingerprint density at radius 3 is 1.24 bits per heavy atom. The molecule has 2 heterocycles. The predicted molar refractivity (Wildman–Crippen MR) is 160 cm³/mol. The first-order chi connectivity index (χ1) is 18.8. The molecule has 0 saturated heterocycles. The van der Waals surface area contributed by atoms with Crippen molar-refractivity contribution in [2.24, 2.45) is 0 Å². The molecule has 0 aliphatic carbocycles. The molecule has 2 heteroatoms. The molecule has 0 unspecified atom stereocenters. The Morgan fingerprint density at radius 1 is 0.316 bits per heavy atom. The predicted octanol–water partition coefficient (Wildman–Crippen LogP) is 9.58. The highest BCUT2D eigenvalue weighted by Gasteiger charge is 2.12. The first-order valence-corrected chi connectivity index (χ1v) is 12.9. The standard InChI is InChI=1S/C36H22N2/c1-5-11-33-23(7-1)15-19-35(37-33)25-13-17-29-30-18-14-26(36-20-16-24-8-2-6-12-34(24)38-36)22-32(30)28-10-4-3-9-27(28)31(29)21-25/h1-22H. The van der Waals surface area contributed by atoms with Crippen molar-refractivity contribution < 1.29 is 0 Å². The first-order valence-electron chi connectivity index (χ1n) is 12.9. The van der Waals surface area contributed by atoms with Gasteiger partial charge in [0.1, 0.15) is 0 Å². The van der Waals surface area contributed by atoms with E-state index in [1.807, 2.05) is 12.1 Å². The van der Waals surface area contributed by atoms with Crippen molar-refractivity contribution in [1.29, 1.82) is 0 Å². The van der Waals surface area contributed by atoms with Crippen LogP contribution in [0.2, 0.25) is 0 Å². The molecule has 0 fully saturated rings. The molecule has 0 aliphatic heterocycles. The smallest absolute Gasteiger partial charge is 0.0709 e. The zero-order chi connectivity index (χ0) is 25.1. The highest BCUT2D eigenvalue weighted by molar-refractivity contribution is 6.26. The Labute approximate surface area is 219 Å². The monoisotopic (exact) mass is 482 g/mol. The van der Waals surface area contributed by atoms with Gasteiger partial charge in [0.2, 0.25) is 0 Å². The summed E-state index contributed by atoms with van der Waals surface area (Å²) in [7, 11) is 0. The van der Waals surface area contributed by atoms with Gasteiger partial charge in [-0.2, -0.15) is 0 Å². The number of benzene rings is 6. The van der Waals surface area contributed by atoms with Crippen LogP contribution >= 0.6 is 0 Å². The van der Waals surface area contributed by atoms with Gasteiger partial charge in [-0.25, -0.2) is 9.97 Å². The molecule has 0 spiro atoms. The van der Waals surface area contributed by atoms with Crippen LogP contribution in [0.1, 0.15) is 0 Å². The van der Waals surface area contributed by atoms with Crippen molar-refractivity contribution >= 4 is 54.1 Å². The summed E-state index contributed by atoms with van der Waals surface area (Å²) in [4.78, 5) is 9.91. The molecule has 2 nitrogen and oxygen atoms in total. The summed E-state index contributed by atoms with van der Waals surface area (Å²) in [5.41, 5.74) is 6.28. The lowest BCUT2D eigenvalue weighted by molar-refractivity contribution is 1.40. The molecule has 38 heavy (non-hydrogen) atoms. The van der Waals surface area contributed by atoms with Gasteiger partial charge in [0, 0.05) is 21.9 Å². The molecular formula is C36H22N2. The fourth-order valence-corrected chi connectivity index (χ4v) is 5.73. The molecule has 0 N–H and O–H groups in total. The second-order valence-corrected chi connectivity index (χ2v) is 9.84. The van der Waals surface area contributed by atoms with Gasteiger partial charge >= 0.3 is 0 Å². The lowest BCUT2D eigenvalue weighted by Gasteiger charge is -2.13. The molecule has 8 rings (SSSR count). The van der Waals surface area contributed by atoms with E-state index in [1.165, 1.54) is 32.3 Å². The lowest BCUT2D eigenvalue weighted by Crippen LogP contribution is -1.89. The second kappa shape index (κ2) is 8.22. The van der Waals surface area contributed by atoms with Crippen LogP contribution in [0, 0.1) is 0 Å². The zero-order valence-corrected chi connectivity index (χ0v) is 20.6. The van der Waals surface area contributed by atoms with E-state index in [-0.39, 0.29) is 0 Å². The van der Waals surface area contributed by atoms with E-state index in [2.05, 4.69) is 121 Å². The number of hydrogen-bond acceptors (Lipinski definition) is 2. The molecule has 0 bridgehead atoms. The summed E-state index contributed by atoms with van der Waals surface area (Å²) < 4.78 is 0. The highest BCUT2D eigenvalue weighted by Crippen LogP contribution is 2.38. The highest BCUT2D eigenvalue weighted by atomic mass is 14.7. The first kappa shape index (κ1) is 21.0. The van der Waals surface area contributed by atoms with E-state index in [1.54, 1.807) is 0 Å². The van der Waals surface area contributed by atoms with Crippen LogP contribution in [0.25, 0.3) is 76.6 Å². The molecule has 0 aliphatic rings. The number of hydrogen-bond donors (Lipinski definition) is 0. The molecule has 0 radical (unpaired) electrons. The van der Waals surface area contributed by atoms with Crippen LogP contribution in [-0.2, 0) is 0 Å². The Morgan fingerprint density at radius 2 is 0.737 bits per heavy atom. The SMILES string of the molecule is c1ccc2nc(-c3ccc4c5ccc(-c6ccc7ccccc7n6)cc5c5ccccc5c4c3)ccc2c1. The summed E-state index contributed by atoms with van der Waals surface area (Å²) in [5, 5.41) is 9.81. The third-order valence-corrected chi connectivity index (χ3v) is 7.63. The third-order valence-electron chi connectivity index (χ3n) is 7.63. The van der Waals surface area contributed by atoms with Gasteiger partial charge in [-0.05, 0) is 68.7 Å². The van der Waals surface area contributed by atoms with E-state index < -0.39 is 0 Å². The third kappa shape index (κ3) is 3.28. The van der Waals surface area contributed by atoms with E-state index in [9.17, 15) is 0 Å². The normalized spacial score (nSPS) is 11.7. The molecule has 176 valence electrons. The van der Waals surface area contributed by atoms with E-state index in [0.717, 1.165) is 44.3 Å².